The number of thiazole rings is 1. The molecule has 0 bridgehead atoms. The monoisotopic (exact) mass is 430 g/mol. The van der Waals surface area contributed by atoms with Crippen LogP contribution < -0.4 is 14.4 Å². The maximum absolute atomic E-state index is 14.2. The van der Waals surface area contributed by atoms with Crippen molar-refractivity contribution in [1.29, 1.82) is 0 Å². The van der Waals surface area contributed by atoms with Gasteiger partial charge in [0.25, 0.3) is 5.91 Å². The number of hydrogen-bond donors (Lipinski definition) is 0. The average Bonchev–Trinajstić information content (AvgIpc) is 3.26. The molecular weight excluding hydrogens is 407 g/mol. The maximum Gasteiger partial charge on any atom is 0.263 e. The van der Waals surface area contributed by atoms with Crippen molar-refractivity contribution in [2.24, 2.45) is 0 Å². The Morgan fingerprint density at radius 1 is 1.13 bits per heavy atom. The molecule has 0 fully saturated rings. The average molecular weight is 431 g/mol. The molecule has 0 unspecified atom stereocenters. The number of halogens is 1. The molecule has 0 radical (unpaired) electrons. The van der Waals surface area contributed by atoms with Crippen molar-refractivity contribution < 1.29 is 23.4 Å². The lowest BCUT2D eigenvalue weighted by molar-refractivity contribution is 0.0979. The van der Waals surface area contributed by atoms with E-state index in [4.69, 9.17) is 14.2 Å². The zero-order valence-corrected chi connectivity index (χ0v) is 17.9. The van der Waals surface area contributed by atoms with Crippen LogP contribution in [-0.2, 0) is 4.74 Å². The van der Waals surface area contributed by atoms with Gasteiger partial charge in [-0.3, -0.25) is 9.69 Å². The first-order valence-corrected chi connectivity index (χ1v) is 10.2. The summed E-state index contributed by atoms with van der Waals surface area (Å²) < 4.78 is 30.1. The highest BCUT2D eigenvalue weighted by atomic mass is 32.1. The second kappa shape index (κ2) is 10.2. The van der Waals surface area contributed by atoms with Gasteiger partial charge in [0.1, 0.15) is 17.3 Å². The Bertz CT molecular complexity index is 1010. The molecule has 0 saturated carbocycles. The third-order valence-corrected chi connectivity index (χ3v) is 5.35. The Hall–Kier alpha value is -2.97. The first-order chi connectivity index (χ1) is 14.6. The second-order valence-corrected chi connectivity index (χ2v) is 7.20. The number of methoxy groups -OCH3 is 3. The molecule has 0 spiro atoms. The Balaban J connectivity index is 1.97. The van der Waals surface area contributed by atoms with E-state index in [9.17, 15) is 9.18 Å². The predicted molar refractivity (Wildman–Crippen MR) is 115 cm³/mol. The van der Waals surface area contributed by atoms with Gasteiger partial charge < -0.3 is 14.2 Å². The van der Waals surface area contributed by atoms with Gasteiger partial charge >= 0.3 is 0 Å². The summed E-state index contributed by atoms with van der Waals surface area (Å²) in [6, 6.07) is 11.4. The fourth-order valence-electron chi connectivity index (χ4n) is 2.96. The topological polar surface area (TPSA) is 60.9 Å². The number of benzene rings is 2. The van der Waals surface area contributed by atoms with Gasteiger partial charge in [-0.2, -0.15) is 0 Å². The summed E-state index contributed by atoms with van der Waals surface area (Å²) in [5.74, 6) is 0.298. The van der Waals surface area contributed by atoms with Crippen LogP contribution in [0, 0.1) is 5.82 Å². The van der Waals surface area contributed by atoms with Crippen LogP contribution in [0.1, 0.15) is 16.8 Å². The van der Waals surface area contributed by atoms with Gasteiger partial charge in [-0.05, 0) is 36.8 Å². The van der Waals surface area contributed by atoms with Gasteiger partial charge in [0, 0.05) is 31.2 Å². The van der Waals surface area contributed by atoms with Gasteiger partial charge in [0.2, 0.25) is 0 Å². The molecule has 0 saturated heterocycles. The number of nitrogens with zero attached hydrogens (tertiary/aromatic N) is 2. The summed E-state index contributed by atoms with van der Waals surface area (Å²) in [5, 5.41) is 2.31. The zero-order valence-electron chi connectivity index (χ0n) is 17.1. The zero-order chi connectivity index (χ0) is 21.5. The van der Waals surface area contributed by atoms with Crippen LogP contribution >= 0.6 is 11.3 Å². The fourth-order valence-corrected chi connectivity index (χ4v) is 3.81. The molecule has 1 heterocycles. The third-order valence-electron chi connectivity index (χ3n) is 4.49. The molecule has 0 aliphatic heterocycles. The lowest BCUT2D eigenvalue weighted by Gasteiger charge is -2.20. The first kappa shape index (κ1) is 21.7. The number of hydrogen-bond acceptors (Lipinski definition) is 6. The first-order valence-electron chi connectivity index (χ1n) is 9.32. The summed E-state index contributed by atoms with van der Waals surface area (Å²) in [6.45, 7) is 0.826. The summed E-state index contributed by atoms with van der Waals surface area (Å²) in [5.41, 5.74) is 1.39. The van der Waals surface area contributed by atoms with Crippen LogP contribution in [0.25, 0.3) is 11.3 Å². The van der Waals surface area contributed by atoms with Gasteiger partial charge in [-0.15, -0.1) is 11.3 Å². The van der Waals surface area contributed by atoms with Crippen LogP contribution in [0.15, 0.2) is 47.8 Å². The highest BCUT2D eigenvalue weighted by Crippen LogP contribution is 2.36. The van der Waals surface area contributed by atoms with Crippen molar-refractivity contribution >= 4 is 22.4 Å². The molecular formula is C22H23FN2O4S. The van der Waals surface area contributed by atoms with Crippen LogP contribution in [0.3, 0.4) is 0 Å². The second-order valence-electron chi connectivity index (χ2n) is 6.36. The highest BCUT2D eigenvalue weighted by molar-refractivity contribution is 7.14. The van der Waals surface area contributed by atoms with E-state index in [1.54, 1.807) is 45.6 Å². The maximum atomic E-state index is 14.2. The van der Waals surface area contributed by atoms with Crippen LogP contribution in [-0.4, -0.2) is 45.4 Å². The molecule has 1 aromatic heterocycles. The number of carbonyl (C=O) groups excluding carboxylic acids is 1. The lowest BCUT2D eigenvalue weighted by atomic mass is 10.1. The minimum Gasteiger partial charge on any atom is -0.497 e. The van der Waals surface area contributed by atoms with E-state index in [1.807, 2.05) is 11.4 Å². The Morgan fingerprint density at radius 2 is 1.93 bits per heavy atom. The van der Waals surface area contributed by atoms with Crippen molar-refractivity contribution in [2.45, 2.75) is 6.42 Å². The minimum atomic E-state index is -0.564. The molecule has 158 valence electrons. The number of amides is 1. The highest BCUT2D eigenvalue weighted by Gasteiger charge is 2.23. The Labute approximate surface area is 178 Å². The van der Waals surface area contributed by atoms with Crippen molar-refractivity contribution in [2.75, 3.05) is 39.4 Å². The van der Waals surface area contributed by atoms with Crippen molar-refractivity contribution in [3.63, 3.8) is 0 Å². The predicted octanol–water partition coefficient (Wildman–Crippen LogP) is 4.65. The largest absolute Gasteiger partial charge is 0.497 e. The standard InChI is InChI=1S/C22H23FN2O4S/c1-27-12-6-11-25(21(26)16-7-4-5-8-18(16)23)22-24-19(14-30-22)17-13-15(28-2)9-10-20(17)29-3/h4-5,7-10,13-14H,6,11-12H2,1-3H3. The smallest absolute Gasteiger partial charge is 0.263 e. The molecule has 2 aromatic carbocycles. The summed E-state index contributed by atoms with van der Waals surface area (Å²) >= 11 is 1.31. The summed E-state index contributed by atoms with van der Waals surface area (Å²) in [7, 11) is 4.76. The number of ether oxygens (including phenoxy) is 3. The molecule has 0 atom stereocenters. The fraction of sp³-hybridized carbons (Fsp3) is 0.273. The van der Waals surface area contributed by atoms with Crippen LogP contribution in [0.5, 0.6) is 11.5 Å². The molecule has 30 heavy (non-hydrogen) atoms. The van der Waals surface area contributed by atoms with E-state index in [-0.39, 0.29) is 5.56 Å². The molecule has 1 amide bonds. The Morgan fingerprint density at radius 3 is 2.63 bits per heavy atom. The number of aromatic nitrogens is 1. The molecule has 8 heteroatoms. The van der Waals surface area contributed by atoms with Gasteiger partial charge in [-0.1, -0.05) is 12.1 Å². The van der Waals surface area contributed by atoms with E-state index in [0.29, 0.717) is 41.9 Å². The summed E-state index contributed by atoms with van der Waals surface area (Å²) in [6.07, 6.45) is 0.591. The van der Waals surface area contributed by atoms with Gasteiger partial charge in [-0.25, -0.2) is 9.37 Å². The normalized spacial score (nSPS) is 10.7. The molecule has 0 N–H and O–H groups in total. The summed E-state index contributed by atoms with van der Waals surface area (Å²) in [4.78, 5) is 19.2. The van der Waals surface area contributed by atoms with Crippen molar-refractivity contribution in [3.8, 4) is 22.8 Å². The minimum absolute atomic E-state index is 0.00521. The molecule has 0 aliphatic rings. The van der Waals surface area contributed by atoms with E-state index in [0.717, 1.165) is 5.56 Å². The third kappa shape index (κ3) is 4.77. The number of carbonyl (C=O) groups is 1. The number of rotatable bonds is 9. The van der Waals surface area contributed by atoms with Gasteiger partial charge in [0.05, 0.1) is 25.5 Å². The lowest BCUT2D eigenvalue weighted by Crippen LogP contribution is -2.33. The molecule has 0 aliphatic carbocycles. The molecule has 6 nitrogen and oxygen atoms in total. The van der Waals surface area contributed by atoms with E-state index in [1.165, 1.54) is 28.4 Å². The van der Waals surface area contributed by atoms with Crippen molar-refractivity contribution in [3.05, 3.63) is 59.2 Å². The molecule has 3 aromatic rings. The van der Waals surface area contributed by atoms with Crippen LogP contribution in [0.4, 0.5) is 9.52 Å². The van der Waals surface area contributed by atoms with E-state index in [2.05, 4.69) is 4.98 Å². The quantitative estimate of drug-likeness (QED) is 0.463. The van der Waals surface area contributed by atoms with Crippen LogP contribution in [0.2, 0.25) is 0 Å². The van der Waals surface area contributed by atoms with Crippen molar-refractivity contribution in [1.82, 2.24) is 4.98 Å². The number of anilines is 1. The van der Waals surface area contributed by atoms with E-state index < -0.39 is 11.7 Å². The molecule has 3 rings (SSSR count). The Kier molecular flexibility index (Phi) is 7.37. The van der Waals surface area contributed by atoms with Gasteiger partial charge in [0.15, 0.2) is 5.13 Å². The SMILES string of the molecule is COCCCN(C(=O)c1ccccc1F)c1nc(-c2cc(OC)ccc2OC)cs1. The van der Waals surface area contributed by atoms with E-state index >= 15 is 0 Å².